The van der Waals surface area contributed by atoms with Crippen LogP contribution in [0, 0.1) is 6.92 Å². The van der Waals surface area contributed by atoms with E-state index in [4.69, 9.17) is 23.9 Å². The summed E-state index contributed by atoms with van der Waals surface area (Å²) < 4.78 is 32.6. The highest BCUT2D eigenvalue weighted by molar-refractivity contribution is 7.71. The SMILES string of the molecule is Cc1cc(-c2nsc3c(P(C)(C)=O)cc(N4CCOC[C@H]4C)nc23)n(C2CCCCO2)n1. The molecule has 0 aromatic carbocycles. The van der Waals surface area contributed by atoms with Crippen LogP contribution < -0.4 is 10.2 Å². The molecule has 3 aromatic heterocycles. The van der Waals surface area contributed by atoms with Crippen molar-refractivity contribution in [3.8, 4) is 11.4 Å². The molecular weight excluding hydrogens is 445 g/mol. The van der Waals surface area contributed by atoms with Crippen LogP contribution in [0.4, 0.5) is 5.82 Å². The number of rotatable bonds is 4. The van der Waals surface area contributed by atoms with Crippen molar-refractivity contribution in [1.82, 2.24) is 19.1 Å². The molecule has 2 saturated heterocycles. The van der Waals surface area contributed by atoms with E-state index in [2.05, 4.69) is 17.9 Å². The summed E-state index contributed by atoms with van der Waals surface area (Å²) in [6.45, 7) is 10.6. The monoisotopic (exact) mass is 475 g/mol. The second-order valence-electron chi connectivity index (χ2n) is 9.11. The molecule has 2 atom stereocenters. The Morgan fingerprint density at radius 2 is 2.06 bits per heavy atom. The number of hydrogen-bond acceptors (Lipinski definition) is 8. The van der Waals surface area contributed by atoms with Gasteiger partial charge in [0, 0.05) is 18.5 Å². The molecule has 1 unspecified atom stereocenters. The van der Waals surface area contributed by atoms with Crippen LogP contribution in [0.25, 0.3) is 21.6 Å². The number of aryl methyl sites for hydroxylation is 1. The molecule has 0 N–H and O–H groups in total. The largest absolute Gasteiger partial charge is 0.377 e. The Bertz CT molecular complexity index is 1180. The van der Waals surface area contributed by atoms with E-state index in [-0.39, 0.29) is 12.3 Å². The predicted octanol–water partition coefficient (Wildman–Crippen LogP) is 4.04. The zero-order valence-electron chi connectivity index (χ0n) is 19.1. The van der Waals surface area contributed by atoms with E-state index in [1.807, 2.05) is 31.0 Å². The average molecular weight is 476 g/mol. The lowest BCUT2D eigenvalue weighted by Gasteiger charge is -2.34. The van der Waals surface area contributed by atoms with Gasteiger partial charge in [-0.05, 0) is 70.1 Å². The van der Waals surface area contributed by atoms with Crippen LogP contribution in [0.15, 0.2) is 12.1 Å². The number of morpholine rings is 1. The Labute approximate surface area is 192 Å². The van der Waals surface area contributed by atoms with E-state index in [0.717, 1.165) is 70.8 Å². The molecule has 0 amide bonds. The van der Waals surface area contributed by atoms with Gasteiger partial charge < -0.3 is 18.9 Å². The summed E-state index contributed by atoms with van der Waals surface area (Å²) in [5.74, 6) is 0.838. The van der Waals surface area contributed by atoms with E-state index in [0.29, 0.717) is 13.2 Å². The van der Waals surface area contributed by atoms with Gasteiger partial charge in [-0.2, -0.15) is 9.47 Å². The molecule has 0 spiro atoms. The second-order valence-corrected chi connectivity index (χ2v) is 13.1. The molecule has 8 nitrogen and oxygen atoms in total. The molecule has 5 heterocycles. The maximum Gasteiger partial charge on any atom is 0.150 e. The first-order valence-electron chi connectivity index (χ1n) is 11.2. The van der Waals surface area contributed by atoms with E-state index in [9.17, 15) is 4.57 Å². The van der Waals surface area contributed by atoms with Crippen molar-refractivity contribution < 1.29 is 14.0 Å². The number of nitrogens with zero attached hydrogens (tertiary/aromatic N) is 5. The van der Waals surface area contributed by atoms with Crippen molar-refractivity contribution in [2.45, 2.75) is 45.4 Å². The van der Waals surface area contributed by atoms with Crippen LogP contribution in [0.1, 0.15) is 38.1 Å². The Kier molecular flexibility index (Phi) is 5.86. The van der Waals surface area contributed by atoms with E-state index < -0.39 is 7.14 Å². The lowest BCUT2D eigenvalue weighted by atomic mass is 10.1. The Hall–Kier alpha value is -1.80. The average Bonchev–Trinajstić information content (AvgIpc) is 3.36. The van der Waals surface area contributed by atoms with Gasteiger partial charge in [0.2, 0.25) is 0 Å². The molecular formula is C22H30N5O3PS. The van der Waals surface area contributed by atoms with Crippen LogP contribution in [0.3, 0.4) is 0 Å². The quantitative estimate of drug-likeness (QED) is 0.527. The molecule has 10 heteroatoms. The zero-order chi connectivity index (χ0) is 22.5. The molecule has 0 aliphatic carbocycles. The molecule has 172 valence electrons. The number of anilines is 1. The third-order valence-corrected chi connectivity index (χ3v) is 8.70. The maximum absolute atomic E-state index is 13.3. The maximum atomic E-state index is 13.3. The van der Waals surface area contributed by atoms with E-state index >= 15 is 0 Å². The third kappa shape index (κ3) is 4.00. The van der Waals surface area contributed by atoms with Crippen LogP contribution in [-0.4, -0.2) is 64.9 Å². The molecule has 0 saturated carbocycles. The van der Waals surface area contributed by atoms with Gasteiger partial charge in [0.05, 0.1) is 35.3 Å². The minimum atomic E-state index is -2.55. The summed E-state index contributed by atoms with van der Waals surface area (Å²) in [6, 6.07) is 4.25. The van der Waals surface area contributed by atoms with Gasteiger partial charge in [0.25, 0.3) is 0 Å². The van der Waals surface area contributed by atoms with E-state index in [1.54, 1.807) is 0 Å². The number of aromatic nitrogens is 4. The molecule has 32 heavy (non-hydrogen) atoms. The van der Waals surface area contributed by atoms with Gasteiger partial charge in [-0.15, -0.1) is 0 Å². The highest BCUT2D eigenvalue weighted by Gasteiger charge is 2.29. The van der Waals surface area contributed by atoms with Gasteiger partial charge in [0.1, 0.15) is 24.2 Å². The zero-order valence-corrected chi connectivity index (χ0v) is 20.8. The first kappa shape index (κ1) is 22.0. The van der Waals surface area contributed by atoms with Gasteiger partial charge in [-0.1, -0.05) is 0 Å². The molecule has 2 fully saturated rings. The van der Waals surface area contributed by atoms with Crippen LogP contribution in [0.2, 0.25) is 0 Å². The van der Waals surface area contributed by atoms with Crippen molar-refractivity contribution in [2.24, 2.45) is 0 Å². The minimum Gasteiger partial charge on any atom is -0.377 e. The number of ether oxygens (including phenoxy) is 2. The van der Waals surface area contributed by atoms with Gasteiger partial charge in [0.15, 0.2) is 6.23 Å². The summed E-state index contributed by atoms with van der Waals surface area (Å²) in [7, 11) is -2.55. The smallest absolute Gasteiger partial charge is 0.150 e. The number of pyridine rings is 1. The first-order chi connectivity index (χ1) is 15.3. The standard InChI is InChI=1S/C22H30N5O3PS/c1-14-11-16(27(24-14)19-7-5-6-9-30-19)20-21-22(32-25-20)17(31(3,4)28)12-18(23-21)26-8-10-29-13-15(26)2/h11-12,15,19H,5-10,13H2,1-4H3/t15-,19?/m1/s1. The molecule has 3 aromatic rings. The fourth-order valence-electron chi connectivity index (χ4n) is 4.50. The predicted molar refractivity (Wildman–Crippen MR) is 129 cm³/mol. The molecule has 2 aliphatic heterocycles. The molecule has 0 radical (unpaired) electrons. The van der Waals surface area contributed by atoms with Crippen molar-refractivity contribution in [3.05, 3.63) is 17.8 Å². The summed E-state index contributed by atoms with van der Waals surface area (Å²) >= 11 is 1.37. The molecule has 0 bridgehead atoms. The normalized spacial score (nSPS) is 22.6. The van der Waals surface area contributed by atoms with Crippen molar-refractivity contribution in [3.63, 3.8) is 0 Å². The van der Waals surface area contributed by atoms with Gasteiger partial charge in [-0.25, -0.2) is 9.67 Å². The summed E-state index contributed by atoms with van der Waals surface area (Å²) in [6.07, 6.45) is 3.05. The van der Waals surface area contributed by atoms with Crippen LogP contribution >= 0.6 is 18.7 Å². The fourth-order valence-corrected chi connectivity index (χ4v) is 7.05. The van der Waals surface area contributed by atoms with Crippen LogP contribution in [0.5, 0.6) is 0 Å². The Morgan fingerprint density at radius 3 is 2.78 bits per heavy atom. The Balaban J connectivity index is 1.69. The summed E-state index contributed by atoms with van der Waals surface area (Å²) in [5.41, 5.74) is 3.41. The van der Waals surface area contributed by atoms with E-state index in [1.165, 1.54) is 11.5 Å². The highest BCUT2D eigenvalue weighted by Crippen LogP contribution is 2.42. The van der Waals surface area contributed by atoms with Crippen molar-refractivity contribution in [2.75, 3.05) is 44.6 Å². The van der Waals surface area contributed by atoms with Crippen molar-refractivity contribution >= 4 is 40.0 Å². The number of hydrogen-bond donors (Lipinski definition) is 0. The second kappa shape index (κ2) is 8.52. The Morgan fingerprint density at radius 1 is 1.22 bits per heavy atom. The van der Waals surface area contributed by atoms with Crippen molar-refractivity contribution in [1.29, 1.82) is 0 Å². The third-order valence-electron chi connectivity index (χ3n) is 6.16. The topological polar surface area (TPSA) is 82.4 Å². The van der Waals surface area contributed by atoms with Crippen LogP contribution in [-0.2, 0) is 14.0 Å². The molecule has 2 aliphatic rings. The number of fused-ring (bicyclic) bond motifs is 1. The fraction of sp³-hybridized carbons (Fsp3) is 0.591. The van der Waals surface area contributed by atoms with Gasteiger partial charge in [-0.3, -0.25) is 0 Å². The lowest BCUT2D eigenvalue weighted by molar-refractivity contribution is -0.0385. The summed E-state index contributed by atoms with van der Waals surface area (Å²) in [4.78, 5) is 7.32. The summed E-state index contributed by atoms with van der Waals surface area (Å²) in [5, 5.41) is 5.58. The molecule has 5 rings (SSSR count). The van der Waals surface area contributed by atoms with Gasteiger partial charge >= 0.3 is 0 Å². The highest BCUT2D eigenvalue weighted by atomic mass is 32.1. The lowest BCUT2D eigenvalue weighted by Crippen LogP contribution is -2.44. The first-order valence-corrected chi connectivity index (χ1v) is 14.6. The minimum absolute atomic E-state index is 0.0884.